The zero-order chi connectivity index (χ0) is 17.4. The summed E-state index contributed by atoms with van der Waals surface area (Å²) in [6.07, 6.45) is 2.16. The summed E-state index contributed by atoms with van der Waals surface area (Å²) in [6.45, 7) is 4.41. The molecule has 0 aliphatic heterocycles. The van der Waals surface area contributed by atoms with Gasteiger partial charge in [-0.3, -0.25) is 0 Å². The maximum absolute atomic E-state index is 5.31. The molecule has 0 N–H and O–H groups in total. The number of fused-ring (bicyclic) bond motifs is 1. The standard InChI is InChI=1S/C21H20N2OS/c1-14(2)23-10-9-16-11-17(7-8-20(16)23)21-22-19(13-25-21)15-5-4-6-18(12-15)24-3/h4-14H,1-3H3. The molecule has 0 amide bonds. The van der Waals surface area contributed by atoms with E-state index in [-0.39, 0.29) is 0 Å². The van der Waals surface area contributed by atoms with E-state index in [1.165, 1.54) is 10.9 Å². The van der Waals surface area contributed by atoms with Crippen LogP contribution < -0.4 is 4.74 Å². The van der Waals surface area contributed by atoms with Crippen molar-refractivity contribution < 1.29 is 4.74 Å². The third kappa shape index (κ3) is 2.94. The topological polar surface area (TPSA) is 27.1 Å². The number of aromatic nitrogens is 2. The summed E-state index contributed by atoms with van der Waals surface area (Å²) in [5, 5.41) is 4.40. The Morgan fingerprint density at radius 1 is 1.04 bits per heavy atom. The molecule has 0 spiro atoms. The largest absolute Gasteiger partial charge is 0.497 e. The molecule has 0 aliphatic carbocycles. The SMILES string of the molecule is COc1cccc(-c2csc(-c3ccc4c(ccn4C(C)C)c3)n2)c1. The van der Waals surface area contributed by atoms with Crippen molar-refractivity contribution in [2.24, 2.45) is 0 Å². The van der Waals surface area contributed by atoms with Crippen molar-refractivity contribution >= 4 is 22.2 Å². The summed E-state index contributed by atoms with van der Waals surface area (Å²) in [6, 6.07) is 17.2. The molecular weight excluding hydrogens is 328 g/mol. The Hall–Kier alpha value is -2.59. The molecule has 3 nitrogen and oxygen atoms in total. The lowest BCUT2D eigenvalue weighted by molar-refractivity contribution is 0.415. The van der Waals surface area contributed by atoms with E-state index in [1.54, 1.807) is 18.4 Å². The van der Waals surface area contributed by atoms with Gasteiger partial charge in [-0.1, -0.05) is 12.1 Å². The quantitative estimate of drug-likeness (QED) is 0.451. The predicted molar refractivity (Wildman–Crippen MR) is 105 cm³/mol. The smallest absolute Gasteiger partial charge is 0.124 e. The Bertz CT molecular complexity index is 1030. The first kappa shape index (κ1) is 15.9. The molecule has 126 valence electrons. The first-order valence-electron chi connectivity index (χ1n) is 8.36. The lowest BCUT2D eigenvalue weighted by Crippen LogP contribution is -1.97. The second kappa shape index (κ2) is 6.37. The van der Waals surface area contributed by atoms with Crippen molar-refractivity contribution in [1.29, 1.82) is 0 Å². The van der Waals surface area contributed by atoms with Gasteiger partial charge in [0.2, 0.25) is 0 Å². The maximum atomic E-state index is 5.31. The Kier molecular flexibility index (Phi) is 4.06. The molecule has 0 unspecified atom stereocenters. The molecule has 2 aromatic carbocycles. The Balaban J connectivity index is 1.71. The molecular formula is C21H20N2OS. The van der Waals surface area contributed by atoms with Crippen LogP contribution >= 0.6 is 11.3 Å². The van der Waals surface area contributed by atoms with Gasteiger partial charge >= 0.3 is 0 Å². The fraction of sp³-hybridized carbons (Fsp3) is 0.190. The Labute approximate surface area is 151 Å². The van der Waals surface area contributed by atoms with Crippen LogP contribution in [0.5, 0.6) is 5.75 Å². The van der Waals surface area contributed by atoms with Crippen molar-refractivity contribution in [1.82, 2.24) is 9.55 Å². The van der Waals surface area contributed by atoms with Crippen LogP contribution in [0.1, 0.15) is 19.9 Å². The molecule has 2 heterocycles. The average Bonchev–Trinajstić information content (AvgIpc) is 3.28. The van der Waals surface area contributed by atoms with Gasteiger partial charge in [0, 0.05) is 39.6 Å². The van der Waals surface area contributed by atoms with E-state index in [0.29, 0.717) is 6.04 Å². The normalized spacial score (nSPS) is 11.4. The minimum absolute atomic E-state index is 0.461. The van der Waals surface area contributed by atoms with Gasteiger partial charge in [0.1, 0.15) is 10.8 Å². The minimum atomic E-state index is 0.461. The zero-order valence-corrected chi connectivity index (χ0v) is 15.4. The van der Waals surface area contributed by atoms with Crippen molar-refractivity contribution in [2.75, 3.05) is 7.11 Å². The molecule has 4 heteroatoms. The van der Waals surface area contributed by atoms with Gasteiger partial charge in [-0.2, -0.15) is 0 Å². The van der Waals surface area contributed by atoms with E-state index in [9.17, 15) is 0 Å². The fourth-order valence-electron chi connectivity index (χ4n) is 3.07. The van der Waals surface area contributed by atoms with E-state index in [4.69, 9.17) is 9.72 Å². The Morgan fingerprint density at radius 3 is 2.72 bits per heavy atom. The molecule has 0 saturated carbocycles. The summed E-state index contributed by atoms with van der Waals surface area (Å²) in [5.74, 6) is 0.850. The molecule has 0 fully saturated rings. The van der Waals surface area contributed by atoms with Crippen LogP contribution in [0.25, 0.3) is 32.7 Å². The van der Waals surface area contributed by atoms with E-state index in [0.717, 1.165) is 27.6 Å². The van der Waals surface area contributed by atoms with Gasteiger partial charge in [0.25, 0.3) is 0 Å². The maximum Gasteiger partial charge on any atom is 0.124 e. The van der Waals surface area contributed by atoms with Crippen LogP contribution in [0.2, 0.25) is 0 Å². The first-order valence-corrected chi connectivity index (χ1v) is 9.24. The van der Waals surface area contributed by atoms with E-state index >= 15 is 0 Å². The summed E-state index contributed by atoms with van der Waals surface area (Å²) in [7, 11) is 1.68. The highest BCUT2D eigenvalue weighted by Gasteiger charge is 2.10. The van der Waals surface area contributed by atoms with Crippen LogP contribution in [0.4, 0.5) is 0 Å². The molecule has 0 bridgehead atoms. The zero-order valence-electron chi connectivity index (χ0n) is 14.6. The van der Waals surface area contributed by atoms with Crippen molar-refractivity contribution in [3.05, 3.63) is 60.1 Å². The van der Waals surface area contributed by atoms with Crippen LogP contribution in [0.3, 0.4) is 0 Å². The van der Waals surface area contributed by atoms with Crippen LogP contribution in [-0.4, -0.2) is 16.7 Å². The third-order valence-corrected chi connectivity index (χ3v) is 5.28. The molecule has 0 atom stereocenters. The summed E-state index contributed by atoms with van der Waals surface area (Å²) >= 11 is 1.67. The highest BCUT2D eigenvalue weighted by molar-refractivity contribution is 7.13. The number of hydrogen-bond donors (Lipinski definition) is 0. The van der Waals surface area contributed by atoms with Gasteiger partial charge in [-0.25, -0.2) is 4.98 Å². The van der Waals surface area contributed by atoms with Crippen LogP contribution in [0.15, 0.2) is 60.1 Å². The van der Waals surface area contributed by atoms with Crippen LogP contribution in [-0.2, 0) is 0 Å². The minimum Gasteiger partial charge on any atom is -0.497 e. The number of methoxy groups -OCH3 is 1. The summed E-state index contributed by atoms with van der Waals surface area (Å²) in [4.78, 5) is 4.83. The summed E-state index contributed by atoms with van der Waals surface area (Å²) < 4.78 is 7.61. The van der Waals surface area contributed by atoms with Crippen molar-refractivity contribution in [2.45, 2.75) is 19.9 Å². The number of nitrogens with zero attached hydrogens (tertiary/aromatic N) is 2. The van der Waals surface area contributed by atoms with Gasteiger partial charge < -0.3 is 9.30 Å². The lowest BCUT2D eigenvalue weighted by Gasteiger charge is -2.09. The Morgan fingerprint density at radius 2 is 1.92 bits per heavy atom. The van der Waals surface area contributed by atoms with Gasteiger partial charge in [0.05, 0.1) is 12.8 Å². The average molecular weight is 348 g/mol. The van der Waals surface area contributed by atoms with Gasteiger partial charge in [0.15, 0.2) is 0 Å². The van der Waals surface area contributed by atoms with Crippen molar-refractivity contribution in [3.8, 4) is 27.6 Å². The van der Waals surface area contributed by atoms with E-state index < -0.39 is 0 Å². The first-order chi connectivity index (χ1) is 12.2. The van der Waals surface area contributed by atoms with Crippen LogP contribution in [0, 0.1) is 0 Å². The van der Waals surface area contributed by atoms with Crippen molar-refractivity contribution in [3.63, 3.8) is 0 Å². The molecule has 4 aromatic rings. The predicted octanol–water partition coefficient (Wildman–Crippen LogP) is 6.02. The number of hydrogen-bond acceptors (Lipinski definition) is 3. The number of rotatable bonds is 4. The highest BCUT2D eigenvalue weighted by atomic mass is 32.1. The number of benzene rings is 2. The molecule has 0 radical (unpaired) electrons. The van der Waals surface area contributed by atoms with Gasteiger partial charge in [-0.15, -0.1) is 11.3 Å². The number of ether oxygens (including phenoxy) is 1. The second-order valence-electron chi connectivity index (χ2n) is 6.36. The third-order valence-electron chi connectivity index (χ3n) is 4.39. The molecule has 4 rings (SSSR count). The molecule has 25 heavy (non-hydrogen) atoms. The second-order valence-corrected chi connectivity index (χ2v) is 7.22. The monoisotopic (exact) mass is 348 g/mol. The summed E-state index contributed by atoms with van der Waals surface area (Å²) in [5.41, 5.74) is 4.49. The van der Waals surface area contributed by atoms with Gasteiger partial charge in [-0.05, 0) is 50.2 Å². The molecule has 2 aromatic heterocycles. The number of thiazole rings is 1. The highest BCUT2D eigenvalue weighted by Crippen LogP contribution is 2.32. The molecule has 0 saturated heterocycles. The van der Waals surface area contributed by atoms with E-state index in [2.05, 4.69) is 60.3 Å². The molecule has 0 aliphatic rings. The van der Waals surface area contributed by atoms with E-state index in [1.807, 2.05) is 18.2 Å². The fourth-order valence-corrected chi connectivity index (χ4v) is 3.89. The lowest BCUT2D eigenvalue weighted by atomic mass is 10.1.